The van der Waals surface area contributed by atoms with Gasteiger partial charge in [-0.05, 0) is 5.39 Å². The molecule has 1 aromatic heterocycles. The Hall–Kier alpha value is -1.40. The molecule has 0 saturated heterocycles. The summed E-state index contributed by atoms with van der Waals surface area (Å²) in [7, 11) is 0. The first-order valence-corrected chi connectivity index (χ1v) is 5.11. The first-order chi connectivity index (χ1) is 6.83. The fraction of sp³-hybridized carbons (Fsp3) is 0.0909. The first kappa shape index (κ1) is 9.17. The van der Waals surface area contributed by atoms with Gasteiger partial charge in [-0.15, -0.1) is 0 Å². The highest BCUT2D eigenvalue weighted by Gasteiger charge is 2.09. The molecule has 0 N–H and O–H groups in total. The van der Waals surface area contributed by atoms with Gasteiger partial charge < -0.3 is 0 Å². The van der Waals surface area contributed by atoms with Gasteiger partial charge >= 0.3 is 0 Å². The molecule has 2 nitrogen and oxygen atoms in total. The Morgan fingerprint density at radius 2 is 2.07 bits per heavy atom. The average Bonchev–Trinajstić information content (AvgIpc) is 2.27. The van der Waals surface area contributed by atoms with Gasteiger partial charge in [0.2, 0.25) is 0 Å². The zero-order chi connectivity index (χ0) is 9.97. The van der Waals surface area contributed by atoms with Crippen LogP contribution >= 0.6 is 15.9 Å². The van der Waals surface area contributed by atoms with Gasteiger partial charge in [-0.2, -0.15) is 5.26 Å². The van der Waals surface area contributed by atoms with Crippen molar-refractivity contribution < 1.29 is 0 Å². The number of pyridine rings is 1. The predicted molar refractivity (Wildman–Crippen MR) is 59.0 cm³/mol. The zero-order valence-electron chi connectivity index (χ0n) is 7.31. The molecule has 0 aliphatic heterocycles. The molecule has 0 fully saturated rings. The van der Waals surface area contributed by atoms with Crippen molar-refractivity contribution >= 4 is 26.7 Å². The van der Waals surface area contributed by atoms with Crippen molar-refractivity contribution in [2.24, 2.45) is 0 Å². The topological polar surface area (TPSA) is 36.7 Å². The largest absolute Gasteiger partial charge is 0.264 e. The molecule has 1 unspecified atom stereocenters. The van der Waals surface area contributed by atoms with E-state index in [-0.39, 0.29) is 4.83 Å². The highest BCUT2D eigenvalue weighted by molar-refractivity contribution is 9.09. The monoisotopic (exact) mass is 246 g/mol. The summed E-state index contributed by atoms with van der Waals surface area (Å²) in [5.41, 5.74) is 0.922. The van der Waals surface area contributed by atoms with Crippen molar-refractivity contribution in [3.8, 4) is 6.07 Å². The summed E-state index contributed by atoms with van der Waals surface area (Å²) >= 11 is 3.30. The molecule has 0 radical (unpaired) electrons. The van der Waals surface area contributed by atoms with E-state index in [2.05, 4.69) is 27.0 Å². The van der Waals surface area contributed by atoms with Crippen molar-refractivity contribution in [3.63, 3.8) is 0 Å². The Kier molecular flexibility index (Phi) is 2.47. The lowest BCUT2D eigenvalue weighted by Gasteiger charge is -2.05. The van der Waals surface area contributed by atoms with Crippen LogP contribution in [0.5, 0.6) is 0 Å². The molecule has 0 saturated carbocycles. The molecule has 2 rings (SSSR count). The maximum atomic E-state index is 8.82. The summed E-state index contributed by atoms with van der Waals surface area (Å²) in [6, 6.07) is 10.1. The predicted octanol–water partition coefficient (Wildman–Crippen LogP) is 3.19. The molecule has 0 spiro atoms. The van der Waals surface area contributed by atoms with Crippen LogP contribution in [0.2, 0.25) is 0 Å². The second-order valence-corrected chi connectivity index (χ2v) is 3.86. The number of nitriles is 1. The Balaban J connectivity index is 2.72. The quantitative estimate of drug-likeness (QED) is 0.725. The summed E-state index contributed by atoms with van der Waals surface area (Å²) in [6.45, 7) is 0. The van der Waals surface area contributed by atoms with Crippen LogP contribution < -0.4 is 0 Å². The molecule has 2 aromatic rings. The summed E-state index contributed by atoms with van der Waals surface area (Å²) in [6.07, 6.45) is 3.53. The molecule has 0 amide bonds. The van der Waals surface area contributed by atoms with E-state index in [0.717, 1.165) is 16.3 Å². The third-order valence-corrected chi connectivity index (χ3v) is 2.78. The van der Waals surface area contributed by atoms with Crippen molar-refractivity contribution in [2.45, 2.75) is 4.83 Å². The normalized spacial score (nSPS) is 12.3. The lowest BCUT2D eigenvalue weighted by atomic mass is 10.1. The number of alkyl halides is 1. The molecule has 1 aromatic carbocycles. The van der Waals surface area contributed by atoms with Gasteiger partial charge in [-0.3, -0.25) is 4.98 Å². The molecule has 0 aliphatic rings. The van der Waals surface area contributed by atoms with Crippen LogP contribution in [0.15, 0.2) is 36.7 Å². The summed E-state index contributed by atoms with van der Waals surface area (Å²) in [5, 5.41) is 11.0. The van der Waals surface area contributed by atoms with E-state index in [4.69, 9.17) is 5.26 Å². The summed E-state index contributed by atoms with van der Waals surface area (Å²) in [4.78, 5) is 3.81. The minimum absolute atomic E-state index is 0.291. The molecule has 3 heteroatoms. The van der Waals surface area contributed by atoms with E-state index < -0.39 is 0 Å². The van der Waals surface area contributed by atoms with E-state index >= 15 is 0 Å². The van der Waals surface area contributed by atoms with Gasteiger partial charge in [0, 0.05) is 23.3 Å². The molecular weight excluding hydrogens is 240 g/mol. The average molecular weight is 247 g/mol. The number of nitrogens with zero attached hydrogens (tertiary/aromatic N) is 2. The third kappa shape index (κ3) is 1.49. The maximum Gasteiger partial charge on any atom is 0.128 e. The third-order valence-electron chi connectivity index (χ3n) is 2.09. The van der Waals surface area contributed by atoms with Crippen LogP contribution in [-0.2, 0) is 0 Å². The molecule has 14 heavy (non-hydrogen) atoms. The fourth-order valence-corrected chi connectivity index (χ4v) is 1.78. The van der Waals surface area contributed by atoms with E-state index in [0.29, 0.717) is 0 Å². The van der Waals surface area contributed by atoms with Crippen molar-refractivity contribution in [1.29, 1.82) is 5.26 Å². The number of aromatic nitrogens is 1. The molecule has 1 heterocycles. The van der Waals surface area contributed by atoms with Crippen LogP contribution in [0, 0.1) is 11.3 Å². The Morgan fingerprint density at radius 1 is 1.29 bits per heavy atom. The van der Waals surface area contributed by atoms with Gasteiger partial charge in [-0.25, -0.2) is 0 Å². The van der Waals surface area contributed by atoms with Crippen LogP contribution in [0.25, 0.3) is 10.8 Å². The van der Waals surface area contributed by atoms with Gasteiger partial charge in [0.25, 0.3) is 0 Å². The Labute approximate surface area is 90.3 Å². The lowest BCUT2D eigenvalue weighted by molar-refractivity contribution is 1.21. The van der Waals surface area contributed by atoms with E-state index in [1.165, 1.54) is 0 Å². The zero-order valence-corrected chi connectivity index (χ0v) is 8.90. The Bertz CT molecular complexity index is 497. The highest BCUT2D eigenvalue weighted by Crippen LogP contribution is 2.27. The second-order valence-electron chi connectivity index (χ2n) is 2.94. The van der Waals surface area contributed by atoms with Gasteiger partial charge in [0.1, 0.15) is 4.83 Å². The van der Waals surface area contributed by atoms with Crippen LogP contribution in [0.4, 0.5) is 0 Å². The van der Waals surface area contributed by atoms with E-state index in [1.54, 1.807) is 12.4 Å². The SMILES string of the molecule is N#CC(Br)c1cncc2ccccc12. The molecule has 0 bridgehead atoms. The molecule has 68 valence electrons. The van der Waals surface area contributed by atoms with Crippen LogP contribution in [-0.4, -0.2) is 4.98 Å². The minimum Gasteiger partial charge on any atom is -0.264 e. The van der Waals surface area contributed by atoms with Crippen molar-refractivity contribution in [2.75, 3.05) is 0 Å². The molecular formula is C11H7BrN2. The number of halogens is 1. The molecule has 1 atom stereocenters. The van der Waals surface area contributed by atoms with Gasteiger partial charge in [0.05, 0.1) is 6.07 Å². The Morgan fingerprint density at radius 3 is 2.86 bits per heavy atom. The maximum absolute atomic E-state index is 8.82. The van der Waals surface area contributed by atoms with Crippen LogP contribution in [0.1, 0.15) is 10.4 Å². The fourth-order valence-electron chi connectivity index (χ4n) is 1.41. The summed E-state index contributed by atoms with van der Waals surface area (Å²) in [5.74, 6) is 0. The second kappa shape index (κ2) is 3.77. The van der Waals surface area contributed by atoms with Crippen molar-refractivity contribution in [3.05, 3.63) is 42.2 Å². The standard InChI is InChI=1S/C11H7BrN2/c12-11(5-13)10-7-14-6-8-3-1-2-4-9(8)10/h1-4,6-7,11H. The van der Waals surface area contributed by atoms with Crippen LogP contribution in [0.3, 0.4) is 0 Å². The van der Waals surface area contributed by atoms with E-state index in [1.807, 2.05) is 24.3 Å². The minimum atomic E-state index is -0.291. The number of fused-ring (bicyclic) bond motifs is 1. The molecule has 0 aliphatic carbocycles. The van der Waals surface area contributed by atoms with Gasteiger partial charge in [0.15, 0.2) is 0 Å². The first-order valence-electron chi connectivity index (χ1n) is 4.19. The van der Waals surface area contributed by atoms with E-state index in [9.17, 15) is 0 Å². The number of hydrogen-bond donors (Lipinski definition) is 0. The van der Waals surface area contributed by atoms with Gasteiger partial charge in [-0.1, -0.05) is 40.2 Å². The lowest BCUT2D eigenvalue weighted by Crippen LogP contribution is -1.89. The summed E-state index contributed by atoms with van der Waals surface area (Å²) < 4.78 is 0. The number of benzene rings is 1. The number of hydrogen-bond acceptors (Lipinski definition) is 2. The smallest absolute Gasteiger partial charge is 0.128 e. The van der Waals surface area contributed by atoms with Crippen molar-refractivity contribution in [1.82, 2.24) is 4.98 Å². The highest BCUT2D eigenvalue weighted by atomic mass is 79.9. The number of rotatable bonds is 1.